The Morgan fingerprint density at radius 3 is 2.75 bits per heavy atom. The van der Waals surface area contributed by atoms with Crippen molar-refractivity contribution in [3.05, 3.63) is 44.9 Å². The number of oxime groups is 1. The Bertz CT molecular complexity index is 763. The number of aromatic nitrogens is 1. The van der Waals surface area contributed by atoms with Gasteiger partial charge in [-0.05, 0) is 37.8 Å². The van der Waals surface area contributed by atoms with Gasteiger partial charge in [0, 0.05) is 5.69 Å². The lowest BCUT2D eigenvalue weighted by Crippen LogP contribution is -2.15. The van der Waals surface area contributed by atoms with Crippen LogP contribution in [-0.4, -0.2) is 35.8 Å². The fourth-order valence-electron chi connectivity index (χ4n) is 2.24. The van der Waals surface area contributed by atoms with Gasteiger partial charge in [-0.25, -0.2) is 4.79 Å². The molecule has 2 heterocycles. The molecule has 0 bridgehead atoms. The summed E-state index contributed by atoms with van der Waals surface area (Å²) in [5.74, 6) is -0.568. The molecule has 0 radical (unpaired) electrons. The van der Waals surface area contributed by atoms with Crippen LogP contribution in [0.4, 0.5) is 0 Å². The Hall–Kier alpha value is -2.61. The normalized spacial score (nSPS) is 11.4. The number of nitrogens with one attached hydrogen (secondary N) is 1. The van der Waals surface area contributed by atoms with E-state index in [1.165, 1.54) is 11.3 Å². The molecular weight excluding hydrogens is 330 g/mol. The number of rotatable bonds is 7. The second-order valence-electron chi connectivity index (χ2n) is 5.00. The van der Waals surface area contributed by atoms with E-state index in [-0.39, 0.29) is 24.8 Å². The SMILES string of the molecule is CCOC(=O)c1c(C)[nH]c(C(=O)CO/N=C(\N)c2cccs2)c1C. The van der Waals surface area contributed by atoms with Gasteiger partial charge in [0.1, 0.15) is 0 Å². The number of ether oxygens (including phenoxy) is 1. The van der Waals surface area contributed by atoms with Gasteiger partial charge in [-0.1, -0.05) is 11.2 Å². The minimum Gasteiger partial charge on any atom is -0.462 e. The van der Waals surface area contributed by atoms with Gasteiger partial charge >= 0.3 is 5.97 Å². The van der Waals surface area contributed by atoms with Gasteiger partial charge in [0.25, 0.3) is 0 Å². The number of carbonyl (C=O) groups excluding carboxylic acids is 2. The van der Waals surface area contributed by atoms with Crippen molar-refractivity contribution in [1.29, 1.82) is 0 Å². The van der Waals surface area contributed by atoms with Gasteiger partial charge in [0.15, 0.2) is 12.4 Å². The third-order valence-electron chi connectivity index (χ3n) is 3.33. The molecule has 0 fully saturated rings. The molecule has 0 saturated heterocycles. The first kappa shape index (κ1) is 17.7. The molecule has 0 atom stereocenters. The van der Waals surface area contributed by atoms with Crippen molar-refractivity contribution >= 4 is 28.9 Å². The number of H-pyrrole nitrogens is 1. The van der Waals surface area contributed by atoms with E-state index >= 15 is 0 Å². The van der Waals surface area contributed by atoms with Crippen LogP contribution in [0.25, 0.3) is 0 Å². The minimum absolute atomic E-state index is 0.212. The van der Waals surface area contributed by atoms with Crippen LogP contribution >= 0.6 is 11.3 Å². The maximum absolute atomic E-state index is 12.3. The molecule has 128 valence electrons. The van der Waals surface area contributed by atoms with Crippen LogP contribution in [0.15, 0.2) is 22.7 Å². The zero-order valence-electron chi connectivity index (χ0n) is 13.7. The molecule has 3 N–H and O–H groups in total. The van der Waals surface area contributed by atoms with E-state index in [1.54, 1.807) is 26.8 Å². The number of nitrogens with two attached hydrogens (primary N) is 1. The second kappa shape index (κ2) is 7.78. The molecule has 0 spiro atoms. The van der Waals surface area contributed by atoms with Gasteiger partial charge < -0.3 is 20.3 Å². The van der Waals surface area contributed by atoms with E-state index in [4.69, 9.17) is 15.3 Å². The summed E-state index contributed by atoms with van der Waals surface area (Å²) < 4.78 is 5.00. The zero-order chi connectivity index (χ0) is 17.7. The summed E-state index contributed by atoms with van der Waals surface area (Å²) in [4.78, 5) is 32.9. The van der Waals surface area contributed by atoms with Crippen LogP contribution in [-0.2, 0) is 9.57 Å². The second-order valence-corrected chi connectivity index (χ2v) is 5.94. The van der Waals surface area contributed by atoms with Crippen LogP contribution in [0.1, 0.15) is 43.9 Å². The molecule has 7 nitrogen and oxygen atoms in total. The Kier molecular flexibility index (Phi) is 5.75. The van der Waals surface area contributed by atoms with Gasteiger partial charge in [0.05, 0.1) is 22.7 Å². The fourth-order valence-corrected chi connectivity index (χ4v) is 2.86. The third-order valence-corrected chi connectivity index (χ3v) is 4.22. The summed E-state index contributed by atoms with van der Waals surface area (Å²) in [7, 11) is 0. The Morgan fingerprint density at radius 2 is 2.12 bits per heavy atom. The highest BCUT2D eigenvalue weighted by atomic mass is 32.1. The van der Waals surface area contributed by atoms with Crippen molar-refractivity contribution in [2.75, 3.05) is 13.2 Å². The molecule has 0 aromatic carbocycles. The summed E-state index contributed by atoms with van der Waals surface area (Å²) in [5, 5.41) is 5.60. The number of thiophene rings is 1. The van der Waals surface area contributed by atoms with Crippen LogP contribution in [0.5, 0.6) is 0 Å². The molecule has 0 aliphatic carbocycles. The van der Waals surface area contributed by atoms with Crippen molar-refractivity contribution < 1.29 is 19.2 Å². The lowest BCUT2D eigenvalue weighted by atomic mass is 10.1. The molecule has 24 heavy (non-hydrogen) atoms. The number of hydrogen-bond donors (Lipinski definition) is 2. The van der Waals surface area contributed by atoms with Gasteiger partial charge in [-0.2, -0.15) is 0 Å². The Labute approximate surface area is 143 Å². The predicted molar refractivity (Wildman–Crippen MR) is 91.5 cm³/mol. The average molecular weight is 349 g/mol. The molecule has 0 amide bonds. The lowest BCUT2D eigenvalue weighted by Gasteiger charge is -2.03. The number of hydrogen-bond acceptors (Lipinski definition) is 6. The quantitative estimate of drug-likeness (QED) is 0.262. The third kappa shape index (κ3) is 3.83. The first-order valence-electron chi connectivity index (χ1n) is 7.34. The number of esters is 1. The predicted octanol–water partition coefficient (Wildman–Crippen LogP) is 2.39. The van der Waals surface area contributed by atoms with Crippen molar-refractivity contribution in [2.24, 2.45) is 10.9 Å². The molecule has 2 rings (SSSR count). The maximum atomic E-state index is 12.3. The number of aromatic amines is 1. The maximum Gasteiger partial charge on any atom is 0.340 e. The number of amidine groups is 1. The van der Waals surface area contributed by atoms with Gasteiger partial charge in [-0.3, -0.25) is 4.79 Å². The van der Waals surface area contributed by atoms with Crippen LogP contribution < -0.4 is 5.73 Å². The zero-order valence-corrected chi connectivity index (χ0v) is 14.5. The summed E-state index contributed by atoms with van der Waals surface area (Å²) in [5.41, 5.74) is 7.55. The Balaban J connectivity index is 2.06. The molecule has 0 aliphatic heterocycles. The average Bonchev–Trinajstić information content (AvgIpc) is 3.15. The van der Waals surface area contributed by atoms with Crippen LogP contribution in [0.2, 0.25) is 0 Å². The first-order chi connectivity index (χ1) is 11.5. The molecule has 0 unspecified atom stereocenters. The lowest BCUT2D eigenvalue weighted by molar-refractivity contribution is 0.0525. The molecule has 2 aromatic rings. The topological polar surface area (TPSA) is 107 Å². The highest BCUT2D eigenvalue weighted by Gasteiger charge is 2.23. The molecule has 2 aromatic heterocycles. The number of carbonyl (C=O) groups is 2. The minimum atomic E-state index is -0.455. The van der Waals surface area contributed by atoms with Gasteiger partial charge in [0.2, 0.25) is 5.78 Å². The number of ketones is 1. The molecule has 0 saturated carbocycles. The summed E-state index contributed by atoms with van der Waals surface area (Å²) in [6, 6.07) is 3.65. The fraction of sp³-hybridized carbons (Fsp3) is 0.312. The summed E-state index contributed by atoms with van der Waals surface area (Å²) >= 11 is 1.42. The first-order valence-corrected chi connectivity index (χ1v) is 8.22. The van der Waals surface area contributed by atoms with Crippen molar-refractivity contribution in [2.45, 2.75) is 20.8 Å². The largest absolute Gasteiger partial charge is 0.462 e. The Morgan fingerprint density at radius 1 is 1.38 bits per heavy atom. The molecule has 0 aliphatic rings. The van der Waals surface area contributed by atoms with E-state index in [0.717, 1.165) is 4.88 Å². The number of Topliss-reactive ketones (excluding diaryl/α,β-unsaturated/α-hetero) is 1. The van der Waals surface area contributed by atoms with Crippen LogP contribution in [0, 0.1) is 13.8 Å². The van der Waals surface area contributed by atoms with Crippen molar-refractivity contribution in [3.63, 3.8) is 0 Å². The summed E-state index contributed by atoms with van der Waals surface area (Å²) in [6.07, 6.45) is 0. The highest BCUT2D eigenvalue weighted by molar-refractivity contribution is 7.12. The number of nitrogens with zero attached hydrogens (tertiary/aromatic N) is 1. The van der Waals surface area contributed by atoms with E-state index in [2.05, 4.69) is 10.1 Å². The number of aryl methyl sites for hydroxylation is 1. The van der Waals surface area contributed by atoms with E-state index < -0.39 is 5.97 Å². The molecular formula is C16H19N3O4S. The molecule has 8 heteroatoms. The van der Waals surface area contributed by atoms with E-state index in [9.17, 15) is 9.59 Å². The van der Waals surface area contributed by atoms with Crippen molar-refractivity contribution in [1.82, 2.24) is 4.98 Å². The van der Waals surface area contributed by atoms with Crippen LogP contribution in [0.3, 0.4) is 0 Å². The highest BCUT2D eigenvalue weighted by Crippen LogP contribution is 2.19. The van der Waals surface area contributed by atoms with E-state index in [1.807, 2.05) is 11.4 Å². The standard InChI is InChI=1S/C16H19N3O4S/c1-4-22-16(21)13-9(2)14(18-10(13)3)11(20)8-23-19-15(17)12-6-5-7-24-12/h5-7,18H,4,8H2,1-3H3,(H2,17,19). The van der Waals surface area contributed by atoms with E-state index in [0.29, 0.717) is 22.5 Å². The summed E-state index contributed by atoms with van der Waals surface area (Å²) in [6.45, 7) is 5.11. The smallest absolute Gasteiger partial charge is 0.340 e. The van der Waals surface area contributed by atoms with Gasteiger partial charge in [-0.15, -0.1) is 11.3 Å². The van der Waals surface area contributed by atoms with Crippen molar-refractivity contribution in [3.8, 4) is 0 Å². The monoisotopic (exact) mass is 349 g/mol.